The summed E-state index contributed by atoms with van der Waals surface area (Å²) in [6.07, 6.45) is 3.36. The predicted octanol–water partition coefficient (Wildman–Crippen LogP) is 0.481. The summed E-state index contributed by atoms with van der Waals surface area (Å²) < 4.78 is 28.9. The first-order valence-corrected chi connectivity index (χ1v) is 9.28. The second-order valence-corrected chi connectivity index (χ2v) is 8.45. The van der Waals surface area contributed by atoms with Gasteiger partial charge >= 0.3 is 0 Å². The molecule has 0 heterocycles. The van der Waals surface area contributed by atoms with E-state index in [1.54, 1.807) is 7.05 Å². The van der Waals surface area contributed by atoms with Crippen molar-refractivity contribution in [1.82, 2.24) is 19.2 Å². The Hall–Kier alpha value is -0.210. The highest BCUT2D eigenvalue weighted by Gasteiger charge is 2.25. The molecule has 1 rings (SSSR count). The molecule has 7 heteroatoms. The highest BCUT2D eigenvalue weighted by atomic mass is 32.2. The van der Waals surface area contributed by atoms with Crippen LogP contribution in [0.5, 0.6) is 0 Å². The lowest BCUT2D eigenvalue weighted by molar-refractivity contribution is 0.308. The molecule has 1 saturated carbocycles. The van der Waals surface area contributed by atoms with Gasteiger partial charge in [0.1, 0.15) is 0 Å². The van der Waals surface area contributed by atoms with E-state index in [-0.39, 0.29) is 12.0 Å². The molecule has 1 unspecified atom stereocenters. The number of likely N-dealkylation sites (N-methyl/N-ethyl adjacent to an activating group) is 1. The Morgan fingerprint density at radius 2 is 1.81 bits per heavy atom. The minimum Gasteiger partial charge on any atom is -0.314 e. The van der Waals surface area contributed by atoms with Gasteiger partial charge in [-0.2, -0.15) is 17.4 Å². The first-order chi connectivity index (χ1) is 9.72. The maximum absolute atomic E-state index is 12.3. The van der Waals surface area contributed by atoms with Gasteiger partial charge in [-0.25, -0.2) is 0 Å². The minimum atomic E-state index is -3.41. The van der Waals surface area contributed by atoms with Crippen molar-refractivity contribution in [3.63, 3.8) is 0 Å². The summed E-state index contributed by atoms with van der Waals surface area (Å²) in [5, 5.41) is 3.40. The quantitative estimate of drug-likeness (QED) is 0.544. The molecule has 0 aromatic heterocycles. The van der Waals surface area contributed by atoms with Gasteiger partial charge in [0.2, 0.25) is 0 Å². The third-order valence-electron chi connectivity index (χ3n) is 3.74. The smallest absolute Gasteiger partial charge is 0.279 e. The van der Waals surface area contributed by atoms with E-state index >= 15 is 0 Å². The van der Waals surface area contributed by atoms with Gasteiger partial charge in [-0.15, -0.1) is 0 Å². The average Bonchev–Trinajstić information content (AvgIpc) is 3.16. The molecule has 1 aliphatic rings. The Bertz CT molecular complexity index is 394. The molecule has 0 bridgehead atoms. The van der Waals surface area contributed by atoms with Gasteiger partial charge in [0, 0.05) is 32.2 Å². The maximum atomic E-state index is 12.3. The highest BCUT2D eigenvalue weighted by molar-refractivity contribution is 7.87. The van der Waals surface area contributed by atoms with Crippen molar-refractivity contribution < 1.29 is 8.42 Å². The van der Waals surface area contributed by atoms with E-state index in [9.17, 15) is 8.42 Å². The van der Waals surface area contributed by atoms with Crippen LogP contribution in [0.1, 0.15) is 33.1 Å². The lowest BCUT2D eigenvalue weighted by atomic mass is 10.1. The van der Waals surface area contributed by atoms with Crippen LogP contribution in [0.2, 0.25) is 0 Å². The molecule has 0 spiro atoms. The first kappa shape index (κ1) is 18.8. The molecule has 0 saturated heterocycles. The summed E-state index contributed by atoms with van der Waals surface area (Å²) >= 11 is 0. The summed E-state index contributed by atoms with van der Waals surface area (Å²) in [7, 11) is 2.15. The molecule has 0 aromatic carbocycles. The Morgan fingerprint density at radius 3 is 2.29 bits per heavy atom. The van der Waals surface area contributed by atoms with Crippen LogP contribution in [0.15, 0.2) is 0 Å². The molecule has 2 N–H and O–H groups in total. The van der Waals surface area contributed by atoms with E-state index in [4.69, 9.17) is 0 Å². The number of nitrogens with zero attached hydrogens (tertiary/aromatic N) is 2. The summed E-state index contributed by atoms with van der Waals surface area (Å²) in [5.41, 5.74) is 0. The van der Waals surface area contributed by atoms with Crippen LogP contribution in [0.3, 0.4) is 0 Å². The topological polar surface area (TPSA) is 64.7 Å². The van der Waals surface area contributed by atoms with E-state index in [2.05, 4.69) is 10.0 Å². The van der Waals surface area contributed by atoms with Crippen molar-refractivity contribution in [3.05, 3.63) is 0 Å². The zero-order chi connectivity index (χ0) is 16.0. The van der Waals surface area contributed by atoms with Crippen LogP contribution in [0.25, 0.3) is 0 Å². The Morgan fingerprint density at radius 1 is 1.19 bits per heavy atom. The number of hydrogen-bond acceptors (Lipinski definition) is 4. The summed E-state index contributed by atoms with van der Waals surface area (Å²) in [4.78, 5) is 2.01. The van der Waals surface area contributed by atoms with Crippen molar-refractivity contribution in [2.45, 2.75) is 45.2 Å². The van der Waals surface area contributed by atoms with Gasteiger partial charge in [0.05, 0.1) is 0 Å². The molecular formula is C14H32N4O2S. The molecule has 0 aromatic rings. The third-order valence-corrected chi connectivity index (χ3v) is 5.34. The largest absolute Gasteiger partial charge is 0.314 e. The Kier molecular flexibility index (Phi) is 7.56. The van der Waals surface area contributed by atoms with E-state index in [0.717, 1.165) is 13.0 Å². The SMILES string of the molecule is CC(C)C(CN(C)C)NS(=O)(=O)N(C)CCCNC1CC1. The fourth-order valence-electron chi connectivity index (χ4n) is 2.07. The molecular weight excluding hydrogens is 288 g/mol. The van der Waals surface area contributed by atoms with Crippen molar-refractivity contribution in [3.8, 4) is 0 Å². The lowest BCUT2D eigenvalue weighted by Gasteiger charge is -2.28. The Labute approximate surface area is 130 Å². The molecule has 1 aliphatic carbocycles. The van der Waals surface area contributed by atoms with Gasteiger partial charge in [-0.1, -0.05) is 13.8 Å². The average molecular weight is 321 g/mol. The number of nitrogens with one attached hydrogen (secondary N) is 2. The molecule has 21 heavy (non-hydrogen) atoms. The van der Waals surface area contributed by atoms with Crippen molar-refractivity contribution in [2.75, 3.05) is 40.8 Å². The van der Waals surface area contributed by atoms with E-state index in [1.807, 2.05) is 32.8 Å². The van der Waals surface area contributed by atoms with Gasteiger partial charge in [0.15, 0.2) is 0 Å². The van der Waals surface area contributed by atoms with Gasteiger partial charge in [-0.3, -0.25) is 0 Å². The van der Waals surface area contributed by atoms with E-state index in [0.29, 0.717) is 19.1 Å². The number of hydrogen-bond donors (Lipinski definition) is 2. The summed E-state index contributed by atoms with van der Waals surface area (Å²) in [6.45, 7) is 6.21. The highest BCUT2D eigenvalue weighted by Crippen LogP contribution is 2.18. The molecule has 0 radical (unpaired) electrons. The summed E-state index contributed by atoms with van der Waals surface area (Å²) in [5.74, 6) is 0.257. The lowest BCUT2D eigenvalue weighted by Crippen LogP contribution is -2.49. The molecule has 0 aliphatic heterocycles. The predicted molar refractivity (Wildman–Crippen MR) is 87.5 cm³/mol. The van der Waals surface area contributed by atoms with Crippen molar-refractivity contribution >= 4 is 10.2 Å². The van der Waals surface area contributed by atoms with Crippen molar-refractivity contribution in [2.24, 2.45) is 5.92 Å². The zero-order valence-corrected chi connectivity index (χ0v) is 14.9. The second kappa shape index (κ2) is 8.43. The van der Waals surface area contributed by atoms with Gasteiger partial charge in [0.25, 0.3) is 10.2 Å². The van der Waals surface area contributed by atoms with Crippen LogP contribution in [0.4, 0.5) is 0 Å². The minimum absolute atomic E-state index is 0.0722. The van der Waals surface area contributed by atoms with Crippen LogP contribution >= 0.6 is 0 Å². The van der Waals surface area contributed by atoms with E-state index in [1.165, 1.54) is 17.1 Å². The molecule has 1 fully saturated rings. The molecule has 126 valence electrons. The normalized spacial score (nSPS) is 17.9. The van der Waals surface area contributed by atoms with Gasteiger partial charge in [-0.05, 0) is 45.8 Å². The van der Waals surface area contributed by atoms with Crippen LogP contribution in [-0.2, 0) is 10.2 Å². The monoisotopic (exact) mass is 320 g/mol. The van der Waals surface area contributed by atoms with Crippen LogP contribution in [0, 0.1) is 5.92 Å². The standard InChI is InChI=1S/C14H32N4O2S/c1-12(2)14(11-17(3)4)16-21(19,20)18(5)10-6-9-15-13-7-8-13/h12-16H,6-11H2,1-5H3. The number of rotatable bonds is 11. The van der Waals surface area contributed by atoms with Crippen molar-refractivity contribution in [1.29, 1.82) is 0 Å². The summed E-state index contributed by atoms with van der Waals surface area (Å²) in [6, 6.07) is 0.604. The first-order valence-electron chi connectivity index (χ1n) is 7.84. The molecule has 1 atom stereocenters. The fourth-order valence-corrected chi connectivity index (χ4v) is 3.35. The zero-order valence-electron chi connectivity index (χ0n) is 14.1. The Balaban J connectivity index is 2.40. The van der Waals surface area contributed by atoms with Crippen LogP contribution in [-0.4, -0.2) is 70.5 Å². The maximum Gasteiger partial charge on any atom is 0.279 e. The second-order valence-electron chi connectivity index (χ2n) is 6.64. The van der Waals surface area contributed by atoms with Crippen LogP contribution < -0.4 is 10.0 Å². The van der Waals surface area contributed by atoms with Gasteiger partial charge < -0.3 is 10.2 Å². The van der Waals surface area contributed by atoms with E-state index < -0.39 is 10.2 Å². The third kappa shape index (κ3) is 7.56. The molecule has 0 amide bonds. The fraction of sp³-hybridized carbons (Fsp3) is 1.00. The molecule has 6 nitrogen and oxygen atoms in total.